The van der Waals surface area contributed by atoms with Crippen LogP contribution in [0.1, 0.15) is 28.7 Å². The molecule has 1 N–H and O–H groups in total. The average Bonchev–Trinajstić information content (AvgIpc) is 3.40. The number of ether oxygens (including phenoxy) is 1. The van der Waals surface area contributed by atoms with Crippen molar-refractivity contribution in [2.24, 2.45) is 0 Å². The third-order valence-corrected chi connectivity index (χ3v) is 6.25. The number of nitrogens with one attached hydrogen (secondary N) is 1. The third kappa shape index (κ3) is 4.96. The van der Waals surface area contributed by atoms with Crippen molar-refractivity contribution in [3.8, 4) is 17.2 Å². The van der Waals surface area contributed by atoms with Gasteiger partial charge in [-0.2, -0.15) is 5.10 Å². The Morgan fingerprint density at radius 3 is 2.52 bits per heavy atom. The number of sulfonamides is 1. The summed E-state index contributed by atoms with van der Waals surface area (Å²) in [7, 11) is -3.93. The van der Waals surface area contributed by atoms with Crippen LogP contribution in [0.2, 0.25) is 0 Å². The van der Waals surface area contributed by atoms with Crippen LogP contribution in [0.5, 0.6) is 5.75 Å². The zero-order valence-corrected chi connectivity index (χ0v) is 18.9. The highest BCUT2D eigenvalue weighted by Gasteiger charge is 2.19. The molecule has 0 aliphatic carbocycles. The molecule has 2 aromatic heterocycles. The number of aryl methyl sites for hydroxylation is 2. The van der Waals surface area contributed by atoms with Gasteiger partial charge in [-0.15, -0.1) is 0 Å². The zero-order chi connectivity index (χ0) is 23.4. The van der Waals surface area contributed by atoms with Crippen LogP contribution in [-0.2, 0) is 23.2 Å². The summed E-state index contributed by atoms with van der Waals surface area (Å²) in [6.45, 7) is 4.32. The first-order valence-corrected chi connectivity index (χ1v) is 11.7. The largest absolute Gasteiger partial charge is 0.487 e. The Labute approximate surface area is 191 Å². The average molecular weight is 467 g/mol. The summed E-state index contributed by atoms with van der Waals surface area (Å²) < 4.78 is 40.7. The first-order chi connectivity index (χ1) is 15.9. The van der Waals surface area contributed by atoms with E-state index in [1.54, 1.807) is 12.1 Å². The fourth-order valence-electron chi connectivity index (χ4n) is 3.08. The predicted molar refractivity (Wildman–Crippen MR) is 122 cm³/mol. The number of rotatable bonds is 9. The Bertz CT molecular complexity index is 1360. The molecule has 2 heterocycles. The summed E-state index contributed by atoms with van der Waals surface area (Å²) in [5.74, 6) is 1.62. The molecule has 0 radical (unpaired) electrons. The SMILES string of the molecule is CCn1cc(C=O)c(NS(=O)(=O)c2ccc(OCc3nc(-c4ccccc4)oc3C)cc2)n1. The number of oxazole rings is 1. The number of hydrogen-bond acceptors (Lipinski definition) is 7. The molecule has 0 atom stereocenters. The molecule has 33 heavy (non-hydrogen) atoms. The van der Waals surface area contributed by atoms with Gasteiger partial charge in [0.15, 0.2) is 12.1 Å². The number of hydrogen-bond donors (Lipinski definition) is 1. The second kappa shape index (κ2) is 9.29. The molecular weight excluding hydrogens is 444 g/mol. The van der Waals surface area contributed by atoms with Crippen molar-refractivity contribution in [1.82, 2.24) is 14.8 Å². The van der Waals surface area contributed by atoms with Gasteiger partial charge in [-0.3, -0.25) is 14.2 Å². The van der Waals surface area contributed by atoms with Gasteiger partial charge < -0.3 is 9.15 Å². The maximum atomic E-state index is 12.7. The van der Waals surface area contributed by atoms with E-state index in [2.05, 4.69) is 14.8 Å². The second-order valence-corrected chi connectivity index (χ2v) is 8.84. The van der Waals surface area contributed by atoms with E-state index in [0.717, 1.165) is 5.56 Å². The number of anilines is 1. The number of aromatic nitrogens is 3. The lowest BCUT2D eigenvalue weighted by molar-refractivity contribution is 0.112. The van der Waals surface area contributed by atoms with Crippen LogP contribution >= 0.6 is 0 Å². The van der Waals surface area contributed by atoms with Crippen molar-refractivity contribution in [2.45, 2.75) is 31.9 Å². The van der Waals surface area contributed by atoms with Crippen molar-refractivity contribution < 1.29 is 22.4 Å². The Morgan fingerprint density at radius 1 is 1.12 bits per heavy atom. The summed E-state index contributed by atoms with van der Waals surface area (Å²) >= 11 is 0. The first kappa shape index (κ1) is 22.3. The highest BCUT2D eigenvalue weighted by atomic mass is 32.2. The van der Waals surface area contributed by atoms with Crippen LogP contribution in [0, 0.1) is 6.92 Å². The van der Waals surface area contributed by atoms with Crippen LogP contribution in [0.25, 0.3) is 11.5 Å². The Kier molecular flexibility index (Phi) is 6.27. The van der Waals surface area contributed by atoms with Crippen LogP contribution in [0.15, 0.2) is 70.1 Å². The number of benzene rings is 2. The minimum atomic E-state index is -3.93. The summed E-state index contributed by atoms with van der Waals surface area (Å²) in [6, 6.07) is 15.5. The second-order valence-electron chi connectivity index (χ2n) is 7.16. The molecule has 4 aromatic rings. The first-order valence-electron chi connectivity index (χ1n) is 10.2. The lowest BCUT2D eigenvalue weighted by Gasteiger charge is -2.08. The topological polar surface area (TPSA) is 116 Å². The van der Waals surface area contributed by atoms with E-state index in [4.69, 9.17) is 9.15 Å². The normalized spacial score (nSPS) is 11.3. The van der Waals surface area contributed by atoms with Gasteiger partial charge in [-0.25, -0.2) is 13.4 Å². The van der Waals surface area contributed by atoms with E-state index < -0.39 is 10.0 Å². The molecule has 0 aliphatic heterocycles. The summed E-state index contributed by atoms with van der Waals surface area (Å²) in [4.78, 5) is 15.7. The van der Waals surface area contributed by atoms with E-state index in [0.29, 0.717) is 35.9 Å². The van der Waals surface area contributed by atoms with Gasteiger partial charge in [0.2, 0.25) is 5.89 Å². The zero-order valence-electron chi connectivity index (χ0n) is 18.1. The van der Waals surface area contributed by atoms with E-state index in [1.807, 2.05) is 44.2 Å². The minimum Gasteiger partial charge on any atom is -0.487 e. The molecule has 0 aliphatic rings. The van der Waals surface area contributed by atoms with E-state index in [-0.39, 0.29) is 22.9 Å². The van der Waals surface area contributed by atoms with Gasteiger partial charge in [0.05, 0.1) is 10.5 Å². The standard InChI is InChI=1S/C23H22N4O5S/c1-3-27-13-18(14-28)22(25-27)26-33(29,30)20-11-9-19(10-12-20)31-15-21-16(2)32-23(24-21)17-7-5-4-6-8-17/h4-14H,3,15H2,1-2H3,(H,25,26). The molecule has 0 fully saturated rings. The minimum absolute atomic E-state index is 0.0112. The number of carbonyl (C=O) groups excluding carboxylic acids is 1. The monoisotopic (exact) mass is 466 g/mol. The highest BCUT2D eigenvalue weighted by Crippen LogP contribution is 2.24. The number of carbonyl (C=O) groups is 1. The van der Waals surface area contributed by atoms with Crippen LogP contribution < -0.4 is 9.46 Å². The van der Waals surface area contributed by atoms with Crippen LogP contribution in [-0.4, -0.2) is 29.5 Å². The quantitative estimate of drug-likeness (QED) is 0.370. The van der Waals surface area contributed by atoms with Crippen molar-refractivity contribution in [1.29, 1.82) is 0 Å². The lowest BCUT2D eigenvalue weighted by atomic mass is 10.2. The van der Waals surface area contributed by atoms with Gasteiger partial charge in [-0.05, 0) is 50.2 Å². The van der Waals surface area contributed by atoms with Crippen LogP contribution in [0.3, 0.4) is 0 Å². The fourth-order valence-corrected chi connectivity index (χ4v) is 4.11. The van der Waals surface area contributed by atoms with E-state index >= 15 is 0 Å². The Balaban J connectivity index is 1.44. The molecule has 0 spiro atoms. The van der Waals surface area contributed by atoms with Crippen molar-refractivity contribution >= 4 is 22.1 Å². The maximum absolute atomic E-state index is 12.7. The van der Waals surface area contributed by atoms with Gasteiger partial charge in [0.25, 0.3) is 10.0 Å². The molecule has 0 saturated heterocycles. The lowest BCUT2D eigenvalue weighted by Crippen LogP contribution is -2.14. The third-order valence-electron chi connectivity index (χ3n) is 4.89. The van der Waals surface area contributed by atoms with E-state index in [9.17, 15) is 13.2 Å². The highest BCUT2D eigenvalue weighted by molar-refractivity contribution is 7.92. The van der Waals surface area contributed by atoms with Gasteiger partial charge in [0.1, 0.15) is 23.8 Å². The summed E-state index contributed by atoms with van der Waals surface area (Å²) in [5, 5.41) is 4.08. The molecule has 0 bridgehead atoms. The Hall–Kier alpha value is -3.92. The van der Waals surface area contributed by atoms with Crippen LogP contribution in [0.4, 0.5) is 5.82 Å². The molecule has 0 amide bonds. The molecule has 0 saturated carbocycles. The number of nitrogens with zero attached hydrogens (tertiary/aromatic N) is 3. The summed E-state index contributed by atoms with van der Waals surface area (Å²) in [6.07, 6.45) is 2.04. The molecule has 4 rings (SSSR count). The molecule has 0 unspecified atom stereocenters. The van der Waals surface area contributed by atoms with Crippen molar-refractivity contribution in [3.05, 3.63) is 77.8 Å². The number of aldehydes is 1. The molecule has 2 aromatic carbocycles. The molecule has 9 nitrogen and oxygen atoms in total. The smallest absolute Gasteiger partial charge is 0.263 e. The van der Waals surface area contributed by atoms with E-state index in [1.165, 1.54) is 23.0 Å². The van der Waals surface area contributed by atoms with Crippen molar-refractivity contribution in [2.75, 3.05) is 4.72 Å². The van der Waals surface area contributed by atoms with Gasteiger partial charge >= 0.3 is 0 Å². The molecule has 170 valence electrons. The van der Waals surface area contributed by atoms with Gasteiger partial charge in [0, 0.05) is 18.3 Å². The molecular formula is C23H22N4O5S. The summed E-state index contributed by atoms with van der Waals surface area (Å²) in [5.41, 5.74) is 1.69. The predicted octanol–water partition coefficient (Wildman–Crippen LogP) is 4.06. The maximum Gasteiger partial charge on any atom is 0.263 e. The fraction of sp³-hybridized carbons (Fsp3) is 0.174. The van der Waals surface area contributed by atoms with Gasteiger partial charge in [-0.1, -0.05) is 18.2 Å². The Morgan fingerprint density at radius 2 is 1.85 bits per heavy atom. The molecule has 10 heteroatoms. The van der Waals surface area contributed by atoms with Crippen molar-refractivity contribution in [3.63, 3.8) is 0 Å².